The minimum absolute atomic E-state index is 0.298. The Morgan fingerprint density at radius 1 is 1.25 bits per heavy atom. The van der Waals surface area contributed by atoms with Crippen LogP contribution in [-0.2, 0) is 0 Å². The van der Waals surface area contributed by atoms with E-state index in [1.54, 1.807) is 12.1 Å². The van der Waals surface area contributed by atoms with E-state index in [4.69, 9.17) is 0 Å². The van der Waals surface area contributed by atoms with Gasteiger partial charge in [-0.05, 0) is 47.4 Å². The number of phenols is 1. The number of phenolic OH excluding ortho intramolecular Hbond substituents is 1. The SMILES string of the molecule is CC/C(=C\c1ccc2[nH]ncc2c1)c1cccc(O)c1. The van der Waals surface area contributed by atoms with E-state index in [1.165, 1.54) is 5.57 Å². The molecule has 0 unspecified atom stereocenters. The summed E-state index contributed by atoms with van der Waals surface area (Å²) in [6.45, 7) is 2.12. The summed E-state index contributed by atoms with van der Waals surface area (Å²) in [6.07, 6.45) is 4.89. The fourth-order valence-electron chi connectivity index (χ4n) is 2.35. The van der Waals surface area contributed by atoms with Crippen molar-refractivity contribution in [2.45, 2.75) is 13.3 Å². The van der Waals surface area contributed by atoms with Gasteiger partial charge in [0.1, 0.15) is 5.75 Å². The third kappa shape index (κ3) is 2.43. The third-order valence-electron chi connectivity index (χ3n) is 3.40. The second-order valence-electron chi connectivity index (χ2n) is 4.79. The Kier molecular flexibility index (Phi) is 3.25. The van der Waals surface area contributed by atoms with E-state index in [-0.39, 0.29) is 0 Å². The molecule has 3 nitrogen and oxygen atoms in total. The van der Waals surface area contributed by atoms with Gasteiger partial charge in [0.15, 0.2) is 0 Å². The van der Waals surface area contributed by atoms with Gasteiger partial charge in [-0.2, -0.15) is 5.10 Å². The zero-order valence-corrected chi connectivity index (χ0v) is 11.3. The molecule has 0 spiro atoms. The predicted molar refractivity (Wildman–Crippen MR) is 82.4 cm³/mol. The quantitative estimate of drug-likeness (QED) is 0.696. The minimum Gasteiger partial charge on any atom is -0.508 e. The lowest BCUT2D eigenvalue weighted by atomic mass is 10.00. The average molecular weight is 264 g/mol. The van der Waals surface area contributed by atoms with Gasteiger partial charge >= 0.3 is 0 Å². The Balaban J connectivity index is 2.03. The van der Waals surface area contributed by atoms with E-state index >= 15 is 0 Å². The maximum absolute atomic E-state index is 9.60. The first-order chi connectivity index (χ1) is 9.76. The highest BCUT2D eigenvalue weighted by molar-refractivity contribution is 5.86. The van der Waals surface area contributed by atoms with Crippen LogP contribution in [0.1, 0.15) is 24.5 Å². The third-order valence-corrected chi connectivity index (χ3v) is 3.40. The number of rotatable bonds is 3. The van der Waals surface area contributed by atoms with E-state index in [2.05, 4.69) is 35.3 Å². The van der Waals surface area contributed by atoms with Crippen LogP contribution in [0.2, 0.25) is 0 Å². The lowest BCUT2D eigenvalue weighted by molar-refractivity contribution is 0.475. The molecule has 3 rings (SSSR count). The molecule has 20 heavy (non-hydrogen) atoms. The molecule has 0 aliphatic rings. The van der Waals surface area contributed by atoms with Crippen LogP contribution in [0.25, 0.3) is 22.6 Å². The molecule has 0 atom stereocenters. The number of nitrogens with zero attached hydrogens (tertiary/aromatic N) is 1. The Morgan fingerprint density at radius 2 is 2.15 bits per heavy atom. The number of aromatic hydroxyl groups is 1. The van der Waals surface area contributed by atoms with Crippen LogP contribution in [0.15, 0.2) is 48.7 Å². The highest BCUT2D eigenvalue weighted by Crippen LogP contribution is 2.25. The summed E-state index contributed by atoms with van der Waals surface area (Å²) in [5.74, 6) is 0.298. The number of allylic oxidation sites excluding steroid dienone is 1. The zero-order chi connectivity index (χ0) is 13.9. The molecule has 3 aromatic rings. The van der Waals surface area contributed by atoms with Crippen molar-refractivity contribution in [2.75, 3.05) is 0 Å². The summed E-state index contributed by atoms with van der Waals surface area (Å²) in [4.78, 5) is 0. The fourth-order valence-corrected chi connectivity index (χ4v) is 2.35. The van der Waals surface area contributed by atoms with Crippen molar-refractivity contribution < 1.29 is 5.11 Å². The van der Waals surface area contributed by atoms with E-state index in [1.807, 2.05) is 24.4 Å². The molecule has 3 heteroatoms. The van der Waals surface area contributed by atoms with Crippen molar-refractivity contribution in [1.82, 2.24) is 10.2 Å². The van der Waals surface area contributed by atoms with Gasteiger partial charge in [0.2, 0.25) is 0 Å². The van der Waals surface area contributed by atoms with Crippen molar-refractivity contribution in [3.05, 3.63) is 59.8 Å². The lowest BCUT2D eigenvalue weighted by Crippen LogP contribution is -1.83. The number of H-pyrrole nitrogens is 1. The van der Waals surface area contributed by atoms with Gasteiger partial charge in [-0.1, -0.05) is 31.2 Å². The number of hydrogen-bond donors (Lipinski definition) is 2. The molecule has 0 radical (unpaired) electrons. The summed E-state index contributed by atoms with van der Waals surface area (Å²) in [5, 5.41) is 17.7. The first-order valence-electron chi connectivity index (χ1n) is 6.69. The second-order valence-corrected chi connectivity index (χ2v) is 4.79. The highest BCUT2D eigenvalue weighted by Gasteiger charge is 2.02. The molecule has 2 N–H and O–H groups in total. The summed E-state index contributed by atoms with van der Waals surface area (Å²) in [5.41, 5.74) is 4.43. The Morgan fingerprint density at radius 3 is 2.95 bits per heavy atom. The molecule has 0 bridgehead atoms. The number of aromatic amines is 1. The van der Waals surface area contributed by atoms with Gasteiger partial charge in [-0.3, -0.25) is 5.10 Å². The molecular formula is C17H16N2O. The lowest BCUT2D eigenvalue weighted by Gasteiger charge is -2.06. The topological polar surface area (TPSA) is 48.9 Å². The Labute approximate surface area is 117 Å². The number of nitrogens with one attached hydrogen (secondary N) is 1. The van der Waals surface area contributed by atoms with E-state index in [0.717, 1.165) is 28.5 Å². The van der Waals surface area contributed by atoms with Crippen molar-refractivity contribution in [2.24, 2.45) is 0 Å². The summed E-state index contributed by atoms with van der Waals surface area (Å²) in [7, 11) is 0. The van der Waals surface area contributed by atoms with Crippen LogP contribution >= 0.6 is 0 Å². The molecule has 0 aliphatic carbocycles. The van der Waals surface area contributed by atoms with Gasteiger partial charge in [0.25, 0.3) is 0 Å². The zero-order valence-electron chi connectivity index (χ0n) is 11.3. The number of benzene rings is 2. The van der Waals surface area contributed by atoms with Crippen LogP contribution < -0.4 is 0 Å². The van der Waals surface area contributed by atoms with Crippen LogP contribution in [0, 0.1) is 0 Å². The molecule has 1 aromatic heterocycles. The first kappa shape index (κ1) is 12.5. The van der Waals surface area contributed by atoms with Crippen LogP contribution in [0.4, 0.5) is 0 Å². The smallest absolute Gasteiger partial charge is 0.116 e. The molecule has 0 amide bonds. The Hall–Kier alpha value is -2.55. The molecule has 0 saturated carbocycles. The van der Waals surface area contributed by atoms with Gasteiger partial charge in [-0.15, -0.1) is 0 Å². The molecular weight excluding hydrogens is 248 g/mol. The maximum atomic E-state index is 9.60. The summed E-state index contributed by atoms with van der Waals surface area (Å²) < 4.78 is 0. The van der Waals surface area contributed by atoms with E-state index in [9.17, 15) is 5.11 Å². The largest absolute Gasteiger partial charge is 0.508 e. The fraction of sp³-hybridized carbons (Fsp3) is 0.118. The predicted octanol–water partition coefficient (Wildman–Crippen LogP) is 4.22. The highest BCUT2D eigenvalue weighted by atomic mass is 16.3. The van der Waals surface area contributed by atoms with Crippen molar-refractivity contribution in [1.29, 1.82) is 0 Å². The molecule has 0 saturated heterocycles. The average Bonchev–Trinajstić information content (AvgIpc) is 2.92. The monoisotopic (exact) mass is 264 g/mol. The maximum Gasteiger partial charge on any atom is 0.116 e. The number of hydrogen-bond acceptors (Lipinski definition) is 2. The molecule has 0 aliphatic heterocycles. The first-order valence-corrected chi connectivity index (χ1v) is 6.69. The standard InChI is InChI=1S/C17H16N2O/c1-2-13(14-4-3-5-16(20)10-14)8-12-6-7-17-15(9-12)11-18-19-17/h3-11,20H,2H2,1H3,(H,18,19)/b13-8+. The van der Waals surface area contributed by atoms with Crippen molar-refractivity contribution in [3.8, 4) is 5.75 Å². The number of aromatic nitrogens is 2. The molecule has 1 heterocycles. The van der Waals surface area contributed by atoms with Gasteiger partial charge in [0, 0.05) is 5.39 Å². The normalized spacial score (nSPS) is 11.9. The minimum atomic E-state index is 0.298. The van der Waals surface area contributed by atoms with Gasteiger partial charge in [-0.25, -0.2) is 0 Å². The van der Waals surface area contributed by atoms with E-state index in [0.29, 0.717) is 5.75 Å². The second kappa shape index (κ2) is 5.21. The summed E-state index contributed by atoms with van der Waals surface area (Å²) >= 11 is 0. The van der Waals surface area contributed by atoms with Gasteiger partial charge < -0.3 is 5.11 Å². The Bertz CT molecular complexity index is 771. The van der Waals surface area contributed by atoms with Crippen molar-refractivity contribution >= 4 is 22.6 Å². The number of fused-ring (bicyclic) bond motifs is 1. The van der Waals surface area contributed by atoms with Gasteiger partial charge in [0.05, 0.1) is 11.7 Å². The van der Waals surface area contributed by atoms with Crippen LogP contribution in [0.5, 0.6) is 5.75 Å². The van der Waals surface area contributed by atoms with Crippen LogP contribution in [0.3, 0.4) is 0 Å². The molecule has 100 valence electrons. The van der Waals surface area contributed by atoms with Crippen molar-refractivity contribution in [3.63, 3.8) is 0 Å². The van der Waals surface area contributed by atoms with E-state index < -0.39 is 0 Å². The molecule has 0 fully saturated rings. The molecule has 2 aromatic carbocycles. The van der Waals surface area contributed by atoms with Crippen LogP contribution in [-0.4, -0.2) is 15.3 Å². The summed E-state index contributed by atoms with van der Waals surface area (Å²) in [6, 6.07) is 13.6.